The van der Waals surface area contributed by atoms with Gasteiger partial charge in [-0.2, -0.15) is 9.36 Å². The lowest BCUT2D eigenvalue weighted by molar-refractivity contribution is -0.211. The molecule has 3 heterocycles. The second-order valence-corrected chi connectivity index (χ2v) is 5.82. The zero-order chi connectivity index (χ0) is 15.0. The van der Waals surface area contributed by atoms with E-state index >= 15 is 0 Å². The number of aliphatic hydroxyl groups is 2. The van der Waals surface area contributed by atoms with Crippen LogP contribution in [0.3, 0.4) is 0 Å². The van der Waals surface area contributed by atoms with Gasteiger partial charge < -0.3 is 25.0 Å². The third kappa shape index (κ3) is 2.53. The van der Waals surface area contributed by atoms with E-state index in [9.17, 15) is 10.2 Å². The third-order valence-electron chi connectivity index (χ3n) is 3.46. The maximum Gasteiger partial charge on any atom is 0.236 e. The molecule has 0 unspecified atom stereocenters. The fourth-order valence-corrected chi connectivity index (χ4v) is 3.17. The van der Waals surface area contributed by atoms with E-state index in [1.165, 1.54) is 0 Å². The molecule has 0 radical (unpaired) electrons. The number of fused-ring (bicyclic) bond motifs is 2. The Morgan fingerprint density at radius 1 is 1.62 bits per heavy atom. The average molecular weight is 335 g/mol. The molecule has 2 saturated heterocycles. The standard InChI is InChI=1S/C9H11ClN6O4S/c10-7-14-8(21-15-7)13-3-4(17)5(18)9(1-12-16-11)2-19-6(3)20-9/h3-6,17-18H,1-2H2,(H,13,14,15)/t3-,4-,5-,6-,9+/m1/s1. The lowest BCUT2D eigenvalue weighted by Crippen LogP contribution is -2.63. The van der Waals surface area contributed by atoms with Crippen molar-refractivity contribution in [1.82, 2.24) is 9.36 Å². The first-order valence-electron chi connectivity index (χ1n) is 5.98. The van der Waals surface area contributed by atoms with Gasteiger partial charge >= 0.3 is 0 Å². The molecule has 114 valence electrons. The van der Waals surface area contributed by atoms with Gasteiger partial charge in [-0.1, -0.05) is 5.11 Å². The van der Waals surface area contributed by atoms with Crippen molar-refractivity contribution in [3.8, 4) is 0 Å². The van der Waals surface area contributed by atoms with Crippen molar-refractivity contribution in [1.29, 1.82) is 0 Å². The molecular formula is C9H11ClN6O4S. The highest BCUT2D eigenvalue weighted by molar-refractivity contribution is 7.09. The van der Waals surface area contributed by atoms with Gasteiger partial charge in [-0.3, -0.25) is 0 Å². The Balaban J connectivity index is 1.79. The highest BCUT2D eigenvalue weighted by Crippen LogP contribution is 2.38. The summed E-state index contributed by atoms with van der Waals surface area (Å²) in [6, 6.07) is -0.745. The number of anilines is 1. The highest BCUT2D eigenvalue weighted by Gasteiger charge is 2.59. The van der Waals surface area contributed by atoms with Gasteiger partial charge in [-0.25, -0.2) is 0 Å². The Bertz CT molecular complexity index is 582. The summed E-state index contributed by atoms with van der Waals surface area (Å²) in [5.41, 5.74) is 7.17. The van der Waals surface area contributed by atoms with Crippen LogP contribution in [-0.4, -0.2) is 62.9 Å². The number of ether oxygens (including phenoxy) is 2. The minimum atomic E-state index is -1.28. The largest absolute Gasteiger partial charge is 0.388 e. The molecule has 12 heteroatoms. The fraction of sp³-hybridized carbons (Fsp3) is 0.778. The number of aromatic nitrogens is 2. The number of nitrogens with one attached hydrogen (secondary N) is 1. The van der Waals surface area contributed by atoms with E-state index in [-0.39, 0.29) is 18.4 Å². The number of halogens is 1. The van der Waals surface area contributed by atoms with Crippen molar-refractivity contribution in [3.05, 3.63) is 15.7 Å². The minimum absolute atomic E-state index is 0.0178. The average Bonchev–Trinajstić information content (AvgIpc) is 3.06. The topological polar surface area (TPSA) is 145 Å². The lowest BCUT2D eigenvalue weighted by Gasteiger charge is -2.42. The molecule has 3 rings (SSSR count). The number of hydrogen-bond acceptors (Lipinski definition) is 9. The Morgan fingerprint density at radius 2 is 2.43 bits per heavy atom. The van der Waals surface area contributed by atoms with Gasteiger partial charge in [-0.15, -0.1) is 0 Å². The van der Waals surface area contributed by atoms with Crippen molar-refractivity contribution in [2.75, 3.05) is 18.5 Å². The number of azide groups is 1. The van der Waals surface area contributed by atoms with Crippen LogP contribution >= 0.6 is 23.1 Å². The normalized spacial score (nSPS) is 38.0. The summed E-state index contributed by atoms with van der Waals surface area (Å²) in [6.45, 7) is -0.112. The van der Waals surface area contributed by atoms with Crippen LogP contribution in [0.1, 0.15) is 0 Å². The molecule has 0 amide bonds. The number of rotatable bonds is 4. The van der Waals surface area contributed by atoms with Gasteiger partial charge in [0.1, 0.15) is 23.9 Å². The molecule has 2 aliphatic heterocycles. The smallest absolute Gasteiger partial charge is 0.236 e. The molecule has 3 N–H and O–H groups in total. The number of hydrogen-bond donors (Lipinski definition) is 3. The lowest BCUT2D eigenvalue weighted by atomic mass is 9.88. The zero-order valence-electron chi connectivity index (χ0n) is 10.5. The number of aliphatic hydroxyl groups excluding tert-OH is 2. The van der Waals surface area contributed by atoms with Crippen molar-refractivity contribution in [3.63, 3.8) is 0 Å². The second kappa shape index (κ2) is 5.54. The molecule has 2 fully saturated rings. The summed E-state index contributed by atoms with van der Waals surface area (Å²) in [5.74, 6) is 0. The first-order chi connectivity index (χ1) is 10.1. The second-order valence-electron chi connectivity index (χ2n) is 4.73. The molecule has 0 saturated carbocycles. The van der Waals surface area contributed by atoms with Crippen LogP contribution in [0.15, 0.2) is 5.11 Å². The monoisotopic (exact) mass is 334 g/mol. The summed E-state index contributed by atoms with van der Waals surface area (Å²) < 4.78 is 14.9. The first-order valence-corrected chi connectivity index (χ1v) is 7.13. The van der Waals surface area contributed by atoms with Crippen LogP contribution in [-0.2, 0) is 9.47 Å². The molecule has 5 atom stereocenters. The van der Waals surface area contributed by atoms with E-state index in [4.69, 9.17) is 26.6 Å². The van der Waals surface area contributed by atoms with Crippen molar-refractivity contribution < 1.29 is 19.7 Å². The summed E-state index contributed by atoms with van der Waals surface area (Å²) in [4.78, 5) is 6.54. The van der Waals surface area contributed by atoms with Crippen LogP contribution in [0.4, 0.5) is 5.13 Å². The molecule has 2 bridgehead atoms. The summed E-state index contributed by atoms with van der Waals surface area (Å²) in [7, 11) is 0. The molecule has 10 nitrogen and oxygen atoms in total. The van der Waals surface area contributed by atoms with E-state index in [1.807, 2.05) is 0 Å². The zero-order valence-corrected chi connectivity index (χ0v) is 12.0. The Labute approximate surface area is 127 Å². The van der Waals surface area contributed by atoms with Crippen molar-refractivity contribution in [2.45, 2.75) is 30.1 Å². The maximum absolute atomic E-state index is 10.3. The molecule has 1 aromatic heterocycles. The van der Waals surface area contributed by atoms with Crippen LogP contribution in [0, 0.1) is 0 Å². The van der Waals surface area contributed by atoms with Gasteiger partial charge in [0.15, 0.2) is 6.29 Å². The quantitative estimate of drug-likeness (QED) is 0.403. The van der Waals surface area contributed by atoms with Crippen LogP contribution < -0.4 is 5.32 Å². The SMILES string of the molecule is [N-]=[N+]=NC[C@@]12CO[C@H](O1)[C@H](Nc1nc(Cl)ns1)[C@@H](O)[C@H]2O. The van der Waals surface area contributed by atoms with Crippen LogP contribution in [0.2, 0.25) is 5.28 Å². The van der Waals surface area contributed by atoms with E-state index in [0.717, 1.165) is 11.5 Å². The van der Waals surface area contributed by atoms with Crippen LogP contribution in [0.25, 0.3) is 10.4 Å². The Hall–Kier alpha value is -1.20. The maximum atomic E-state index is 10.3. The molecule has 0 aliphatic carbocycles. The highest BCUT2D eigenvalue weighted by atomic mass is 35.5. The predicted molar refractivity (Wildman–Crippen MR) is 71.9 cm³/mol. The van der Waals surface area contributed by atoms with E-state index in [1.54, 1.807) is 0 Å². The molecule has 1 aromatic rings. The van der Waals surface area contributed by atoms with Gasteiger partial charge in [-0.05, 0) is 17.1 Å². The van der Waals surface area contributed by atoms with Gasteiger partial charge in [0.2, 0.25) is 10.4 Å². The van der Waals surface area contributed by atoms with Gasteiger partial charge in [0.25, 0.3) is 0 Å². The van der Waals surface area contributed by atoms with Gasteiger partial charge in [0.05, 0.1) is 13.2 Å². The van der Waals surface area contributed by atoms with E-state index in [2.05, 4.69) is 24.7 Å². The number of nitrogens with zero attached hydrogens (tertiary/aromatic N) is 5. The molecule has 0 aromatic carbocycles. The van der Waals surface area contributed by atoms with E-state index < -0.39 is 30.1 Å². The molecular weight excluding hydrogens is 324 g/mol. The Morgan fingerprint density at radius 3 is 3.10 bits per heavy atom. The molecule has 2 aliphatic rings. The molecule has 21 heavy (non-hydrogen) atoms. The van der Waals surface area contributed by atoms with Crippen molar-refractivity contribution >= 4 is 28.3 Å². The third-order valence-corrected chi connectivity index (χ3v) is 4.37. The fourth-order valence-electron chi connectivity index (χ4n) is 2.41. The Kier molecular flexibility index (Phi) is 3.88. The minimum Gasteiger partial charge on any atom is -0.388 e. The van der Waals surface area contributed by atoms with Gasteiger partial charge in [0, 0.05) is 16.4 Å². The summed E-state index contributed by atoms with van der Waals surface area (Å²) >= 11 is 6.64. The van der Waals surface area contributed by atoms with Crippen molar-refractivity contribution in [2.24, 2.45) is 5.11 Å². The molecule has 0 spiro atoms. The first kappa shape index (κ1) is 14.7. The van der Waals surface area contributed by atoms with E-state index in [0.29, 0.717) is 5.13 Å². The van der Waals surface area contributed by atoms with Crippen LogP contribution in [0.5, 0.6) is 0 Å². The summed E-state index contributed by atoms with van der Waals surface area (Å²) in [6.07, 6.45) is -3.27. The predicted octanol–water partition coefficient (Wildman–Crippen LogP) is 0.129. The summed E-state index contributed by atoms with van der Waals surface area (Å²) in [5, 5.41) is 27.3.